The summed E-state index contributed by atoms with van der Waals surface area (Å²) >= 11 is 0. The summed E-state index contributed by atoms with van der Waals surface area (Å²) in [6.07, 6.45) is 3.97. The van der Waals surface area contributed by atoms with Crippen molar-refractivity contribution in [3.63, 3.8) is 0 Å². The van der Waals surface area contributed by atoms with E-state index in [4.69, 9.17) is 0 Å². The van der Waals surface area contributed by atoms with E-state index in [9.17, 15) is 27.2 Å². The van der Waals surface area contributed by atoms with Crippen molar-refractivity contribution in [3.05, 3.63) is 65.5 Å². The summed E-state index contributed by atoms with van der Waals surface area (Å²) in [5.74, 6) is -1.62. The number of carbonyl (C=O) groups is 3. The van der Waals surface area contributed by atoms with E-state index in [1.807, 2.05) is 0 Å². The first-order valence-corrected chi connectivity index (χ1v) is 13.6. The molecule has 0 saturated heterocycles. The number of amides is 3. The number of halogens is 1. The molecule has 2 aromatic carbocycles. The first-order chi connectivity index (χ1) is 17.2. The molecule has 8 nitrogen and oxygen atoms in total. The second kappa shape index (κ2) is 10.8. The Hall–Kier alpha value is -3.27. The van der Waals surface area contributed by atoms with Gasteiger partial charge >= 0.3 is 0 Å². The molecule has 1 heterocycles. The molecular formula is C26H30FN3O5S. The Balaban J connectivity index is 1.43. The van der Waals surface area contributed by atoms with Gasteiger partial charge in [-0.05, 0) is 56.0 Å². The van der Waals surface area contributed by atoms with E-state index in [1.165, 1.54) is 29.2 Å². The molecule has 2 aromatic rings. The maximum absolute atomic E-state index is 13.4. The van der Waals surface area contributed by atoms with E-state index in [1.54, 1.807) is 31.2 Å². The molecule has 3 amide bonds. The van der Waals surface area contributed by atoms with Crippen LogP contribution in [-0.2, 0) is 26.2 Å². The third kappa shape index (κ3) is 5.43. The fourth-order valence-electron chi connectivity index (χ4n) is 4.73. The van der Waals surface area contributed by atoms with Gasteiger partial charge in [-0.3, -0.25) is 14.4 Å². The zero-order chi connectivity index (χ0) is 25.9. The zero-order valence-electron chi connectivity index (χ0n) is 20.2. The van der Waals surface area contributed by atoms with Gasteiger partial charge in [-0.2, -0.15) is 0 Å². The highest BCUT2D eigenvalue weighted by Crippen LogP contribution is 2.30. The largest absolute Gasteiger partial charge is 0.352 e. The summed E-state index contributed by atoms with van der Waals surface area (Å²) in [5, 5.41) is 3.01. The van der Waals surface area contributed by atoms with Crippen molar-refractivity contribution < 1.29 is 27.2 Å². The van der Waals surface area contributed by atoms with E-state index in [2.05, 4.69) is 5.32 Å². The second-order valence-corrected chi connectivity index (χ2v) is 11.1. The summed E-state index contributed by atoms with van der Waals surface area (Å²) in [4.78, 5) is 40.2. The van der Waals surface area contributed by atoms with Crippen LogP contribution in [-0.4, -0.2) is 54.0 Å². The van der Waals surface area contributed by atoms with Gasteiger partial charge in [0, 0.05) is 25.6 Å². The molecule has 1 atom stereocenters. The predicted molar refractivity (Wildman–Crippen MR) is 131 cm³/mol. The number of hydrogen-bond acceptors (Lipinski definition) is 5. The second-order valence-electron chi connectivity index (χ2n) is 9.30. The van der Waals surface area contributed by atoms with Crippen LogP contribution < -0.4 is 5.32 Å². The van der Waals surface area contributed by atoms with E-state index >= 15 is 0 Å². The van der Waals surface area contributed by atoms with Crippen molar-refractivity contribution in [1.29, 1.82) is 0 Å². The fourth-order valence-corrected chi connectivity index (χ4v) is 6.34. The van der Waals surface area contributed by atoms with E-state index < -0.39 is 27.8 Å². The molecule has 1 fully saturated rings. The Labute approximate surface area is 210 Å². The van der Waals surface area contributed by atoms with E-state index in [-0.39, 0.29) is 54.2 Å². The van der Waals surface area contributed by atoms with E-state index in [0.29, 0.717) is 5.56 Å². The van der Waals surface area contributed by atoms with Crippen molar-refractivity contribution in [3.8, 4) is 0 Å². The Morgan fingerprint density at radius 1 is 1.11 bits per heavy atom. The Bertz CT molecular complexity index is 1240. The number of sulfonamides is 1. The molecule has 4 rings (SSSR count). The molecule has 10 heteroatoms. The molecule has 1 saturated carbocycles. The molecule has 2 aliphatic rings. The van der Waals surface area contributed by atoms with Crippen molar-refractivity contribution in [2.75, 3.05) is 6.54 Å². The molecule has 0 radical (unpaired) electrons. The lowest BCUT2D eigenvalue weighted by Crippen LogP contribution is -2.49. The van der Waals surface area contributed by atoms with Gasteiger partial charge in [0.15, 0.2) is 0 Å². The minimum absolute atomic E-state index is 0.0310. The Morgan fingerprint density at radius 3 is 2.44 bits per heavy atom. The third-order valence-corrected chi connectivity index (χ3v) is 8.64. The maximum atomic E-state index is 13.4. The Morgan fingerprint density at radius 2 is 1.78 bits per heavy atom. The first-order valence-electron chi connectivity index (χ1n) is 12.2. The highest BCUT2D eigenvalue weighted by atomic mass is 32.2. The van der Waals surface area contributed by atoms with Gasteiger partial charge < -0.3 is 10.2 Å². The quantitative estimate of drug-likeness (QED) is 0.552. The summed E-state index contributed by atoms with van der Waals surface area (Å²) in [5.41, 5.74) is 0.789. The minimum Gasteiger partial charge on any atom is -0.352 e. The number of rotatable bonds is 9. The smallest absolute Gasteiger partial charge is 0.269 e. The van der Waals surface area contributed by atoms with Crippen LogP contribution in [0.25, 0.3) is 0 Å². The lowest BCUT2D eigenvalue weighted by molar-refractivity contribution is -0.141. The standard InChI is InChI=1S/C26H30FN3O5S/c1-18(25(32)28-21-7-2-3-8-21)29(17-19-12-14-20(27)15-13-19)24(31)11-6-16-30-26(33)22-9-4-5-10-23(22)36(30,34)35/h4-5,9-10,12-15,18,21H,2-3,6-8,11,16-17H2,1H3,(H,28,32)/t18-/m0/s1. The van der Waals surface area contributed by atoms with Crippen molar-refractivity contribution in [1.82, 2.24) is 14.5 Å². The summed E-state index contributed by atoms with van der Waals surface area (Å²) in [6, 6.07) is 11.0. The first kappa shape index (κ1) is 25.8. The highest BCUT2D eigenvalue weighted by molar-refractivity contribution is 7.90. The van der Waals surface area contributed by atoms with Gasteiger partial charge in [0.25, 0.3) is 15.9 Å². The molecule has 1 aliphatic carbocycles. The molecule has 36 heavy (non-hydrogen) atoms. The van der Waals surface area contributed by atoms with Crippen molar-refractivity contribution >= 4 is 27.7 Å². The number of benzene rings is 2. The van der Waals surface area contributed by atoms with Crippen LogP contribution in [0.1, 0.15) is 61.4 Å². The van der Waals surface area contributed by atoms with Crippen LogP contribution >= 0.6 is 0 Å². The monoisotopic (exact) mass is 515 g/mol. The molecule has 0 bridgehead atoms. The number of carbonyl (C=O) groups excluding carboxylic acids is 3. The van der Waals surface area contributed by atoms with Gasteiger partial charge in [0.05, 0.1) is 5.56 Å². The number of fused-ring (bicyclic) bond motifs is 1. The van der Waals surface area contributed by atoms with Crippen LogP contribution in [0.2, 0.25) is 0 Å². The van der Waals surface area contributed by atoms with Gasteiger partial charge in [-0.25, -0.2) is 17.1 Å². The zero-order valence-corrected chi connectivity index (χ0v) is 21.0. The molecular weight excluding hydrogens is 485 g/mol. The topological polar surface area (TPSA) is 104 Å². The summed E-state index contributed by atoms with van der Waals surface area (Å²) in [6.45, 7) is 1.61. The van der Waals surface area contributed by atoms with Crippen LogP contribution in [0.5, 0.6) is 0 Å². The lowest BCUT2D eigenvalue weighted by Gasteiger charge is -2.30. The van der Waals surface area contributed by atoms with Gasteiger partial charge in [-0.15, -0.1) is 0 Å². The van der Waals surface area contributed by atoms with Crippen molar-refractivity contribution in [2.24, 2.45) is 0 Å². The molecule has 0 spiro atoms. The van der Waals surface area contributed by atoms with Crippen molar-refractivity contribution in [2.45, 2.75) is 69.0 Å². The Kier molecular flexibility index (Phi) is 7.73. The molecule has 192 valence electrons. The average Bonchev–Trinajstić information content (AvgIpc) is 3.44. The summed E-state index contributed by atoms with van der Waals surface area (Å²) in [7, 11) is -3.95. The maximum Gasteiger partial charge on any atom is 0.269 e. The molecule has 1 N–H and O–H groups in total. The highest BCUT2D eigenvalue weighted by Gasteiger charge is 2.40. The van der Waals surface area contributed by atoms with Gasteiger partial charge in [0.2, 0.25) is 11.8 Å². The minimum atomic E-state index is -3.95. The normalized spacial score (nSPS) is 17.6. The van der Waals surface area contributed by atoms with Crippen LogP contribution in [0.4, 0.5) is 4.39 Å². The number of nitrogens with zero attached hydrogens (tertiary/aromatic N) is 2. The van der Waals surface area contributed by atoms with Gasteiger partial charge in [-0.1, -0.05) is 37.1 Å². The van der Waals surface area contributed by atoms with E-state index in [0.717, 1.165) is 30.0 Å². The lowest BCUT2D eigenvalue weighted by atomic mass is 10.1. The predicted octanol–water partition coefficient (Wildman–Crippen LogP) is 3.23. The molecule has 0 aromatic heterocycles. The molecule has 1 aliphatic heterocycles. The third-order valence-electron chi connectivity index (χ3n) is 6.80. The fraction of sp³-hybridized carbons (Fsp3) is 0.423. The van der Waals surface area contributed by atoms with Gasteiger partial charge in [0.1, 0.15) is 16.8 Å². The number of nitrogens with one attached hydrogen (secondary N) is 1. The molecule has 0 unspecified atom stereocenters. The number of hydrogen-bond donors (Lipinski definition) is 1. The van der Waals surface area contributed by atoms with Crippen LogP contribution in [0, 0.1) is 5.82 Å². The van der Waals surface area contributed by atoms with Crippen LogP contribution in [0.15, 0.2) is 53.4 Å². The van der Waals surface area contributed by atoms with Crippen LogP contribution in [0.3, 0.4) is 0 Å². The summed E-state index contributed by atoms with van der Waals surface area (Å²) < 4.78 is 39.7. The SMILES string of the molecule is C[C@@H](C(=O)NC1CCCC1)N(Cc1ccc(F)cc1)C(=O)CCCN1C(=O)c2ccccc2S1(=O)=O. The average molecular weight is 516 g/mol.